The van der Waals surface area contributed by atoms with Crippen molar-refractivity contribution in [2.75, 3.05) is 5.73 Å². The molecule has 0 aliphatic rings. The molecule has 1 aromatic heterocycles. The van der Waals surface area contributed by atoms with Crippen molar-refractivity contribution in [2.45, 2.75) is 19.6 Å². The maximum atomic E-state index is 5.66. The molecule has 11 heavy (non-hydrogen) atoms. The van der Waals surface area contributed by atoms with Gasteiger partial charge in [-0.25, -0.2) is 9.97 Å². The third-order valence-corrected chi connectivity index (χ3v) is 1.80. The highest BCUT2D eigenvalue weighted by Crippen LogP contribution is 2.12. The van der Waals surface area contributed by atoms with Gasteiger partial charge in [-0.15, -0.1) is 0 Å². The van der Waals surface area contributed by atoms with Crippen LogP contribution in [0.25, 0.3) is 0 Å². The number of hydrogen-bond donors (Lipinski definition) is 2. The molecule has 1 rings (SSSR count). The van der Waals surface area contributed by atoms with Crippen LogP contribution in [0.4, 0.5) is 5.69 Å². The molecule has 2 N–H and O–H groups in total. The van der Waals surface area contributed by atoms with Crippen molar-refractivity contribution in [3.8, 4) is 0 Å². The second-order valence-corrected chi connectivity index (χ2v) is 2.70. The summed E-state index contributed by atoms with van der Waals surface area (Å²) in [6.45, 7) is 3.74. The molecule has 1 aromatic rings. The minimum atomic E-state index is 0.558. The number of hydrogen-bond acceptors (Lipinski definition) is 4. The average molecular weight is 169 g/mol. The SMILES string of the molecule is Cc1nc(CS)nc(C)c1N. The third-order valence-electron chi connectivity index (χ3n) is 1.51. The van der Waals surface area contributed by atoms with Crippen LogP contribution < -0.4 is 5.73 Å². The summed E-state index contributed by atoms with van der Waals surface area (Å²) in [5.74, 6) is 1.29. The molecule has 0 fully saturated rings. The highest BCUT2D eigenvalue weighted by Gasteiger charge is 2.02. The minimum absolute atomic E-state index is 0.558. The molecule has 0 aromatic carbocycles. The number of rotatable bonds is 1. The summed E-state index contributed by atoms with van der Waals surface area (Å²) >= 11 is 4.07. The zero-order valence-corrected chi connectivity index (χ0v) is 7.52. The Morgan fingerprint density at radius 2 is 1.73 bits per heavy atom. The van der Waals surface area contributed by atoms with Crippen LogP contribution in [-0.2, 0) is 5.75 Å². The Morgan fingerprint density at radius 3 is 2.09 bits per heavy atom. The first-order chi connectivity index (χ1) is 5.15. The monoisotopic (exact) mass is 169 g/mol. The molecular formula is C7H11N3S. The van der Waals surface area contributed by atoms with Crippen LogP contribution in [0, 0.1) is 13.8 Å². The van der Waals surface area contributed by atoms with E-state index in [1.807, 2.05) is 13.8 Å². The molecule has 0 bridgehead atoms. The van der Waals surface area contributed by atoms with Crippen molar-refractivity contribution in [3.05, 3.63) is 17.2 Å². The van der Waals surface area contributed by atoms with Gasteiger partial charge in [0.1, 0.15) is 5.82 Å². The lowest BCUT2D eigenvalue weighted by Gasteiger charge is -2.04. The summed E-state index contributed by atoms with van der Waals surface area (Å²) in [4.78, 5) is 8.28. The first kappa shape index (κ1) is 8.33. The van der Waals surface area contributed by atoms with E-state index in [1.165, 1.54) is 0 Å². The van der Waals surface area contributed by atoms with Crippen LogP contribution in [-0.4, -0.2) is 9.97 Å². The van der Waals surface area contributed by atoms with Crippen LogP contribution in [0.3, 0.4) is 0 Å². The first-order valence-electron chi connectivity index (χ1n) is 3.35. The van der Waals surface area contributed by atoms with Gasteiger partial charge in [-0.3, -0.25) is 0 Å². The van der Waals surface area contributed by atoms with Gasteiger partial charge in [-0.1, -0.05) is 0 Å². The van der Waals surface area contributed by atoms with Gasteiger partial charge in [0.25, 0.3) is 0 Å². The molecule has 0 saturated carbocycles. The Morgan fingerprint density at radius 1 is 1.27 bits per heavy atom. The number of aryl methyl sites for hydroxylation is 2. The Kier molecular flexibility index (Phi) is 2.34. The van der Waals surface area contributed by atoms with E-state index in [9.17, 15) is 0 Å². The molecule has 0 aliphatic heterocycles. The van der Waals surface area contributed by atoms with Crippen LogP contribution in [0.2, 0.25) is 0 Å². The maximum absolute atomic E-state index is 5.66. The summed E-state index contributed by atoms with van der Waals surface area (Å²) in [5, 5.41) is 0. The van der Waals surface area contributed by atoms with E-state index in [-0.39, 0.29) is 0 Å². The molecule has 0 radical (unpaired) electrons. The van der Waals surface area contributed by atoms with Gasteiger partial charge in [0.2, 0.25) is 0 Å². The Hall–Kier alpha value is -0.770. The number of nitrogens with two attached hydrogens (primary N) is 1. The van der Waals surface area contributed by atoms with E-state index >= 15 is 0 Å². The standard InChI is InChI=1S/C7H11N3S/c1-4-7(8)5(2)10-6(3-11)9-4/h11H,3,8H2,1-2H3. The Balaban J connectivity index is 3.21. The van der Waals surface area contributed by atoms with E-state index in [1.54, 1.807) is 0 Å². The lowest BCUT2D eigenvalue weighted by molar-refractivity contribution is 0.972. The maximum Gasteiger partial charge on any atom is 0.138 e. The van der Waals surface area contributed by atoms with Crippen LogP contribution in [0.15, 0.2) is 0 Å². The second kappa shape index (κ2) is 3.09. The molecule has 60 valence electrons. The number of nitrogen functional groups attached to an aromatic ring is 1. The normalized spacial score (nSPS) is 10.1. The lowest BCUT2D eigenvalue weighted by atomic mass is 10.3. The van der Waals surface area contributed by atoms with Crippen molar-refractivity contribution in [1.29, 1.82) is 0 Å². The van der Waals surface area contributed by atoms with Gasteiger partial charge < -0.3 is 5.73 Å². The van der Waals surface area contributed by atoms with Crippen LogP contribution >= 0.6 is 12.6 Å². The molecule has 0 aliphatic carbocycles. The zero-order chi connectivity index (χ0) is 8.43. The lowest BCUT2D eigenvalue weighted by Crippen LogP contribution is -2.03. The first-order valence-corrected chi connectivity index (χ1v) is 3.99. The highest BCUT2D eigenvalue weighted by molar-refractivity contribution is 7.79. The van der Waals surface area contributed by atoms with E-state index in [2.05, 4.69) is 22.6 Å². The largest absolute Gasteiger partial charge is 0.396 e. The van der Waals surface area contributed by atoms with E-state index in [4.69, 9.17) is 5.73 Å². The summed E-state index contributed by atoms with van der Waals surface area (Å²) < 4.78 is 0. The minimum Gasteiger partial charge on any atom is -0.396 e. The highest BCUT2D eigenvalue weighted by atomic mass is 32.1. The van der Waals surface area contributed by atoms with E-state index < -0.39 is 0 Å². The molecule has 0 saturated heterocycles. The predicted octanol–water partition coefficient (Wildman–Crippen LogP) is 1.11. The summed E-state index contributed by atoms with van der Waals surface area (Å²) in [7, 11) is 0. The third kappa shape index (κ3) is 1.63. The van der Waals surface area contributed by atoms with Gasteiger partial charge in [-0.05, 0) is 13.8 Å². The number of anilines is 1. The van der Waals surface area contributed by atoms with Crippen molar-refractivity contribution in [1.82, 2.24) is 9.97 Å². The van der Waals surface area contributed by atoms with Crippen molar-refractivity contribution in [3.63, 3.8) is 0 Å². The smallest absolute Gasteiger partial charge is 0.138 e. The molecule has 0 atom stereocenters. The topological polar surface area (TPSA) is 51.8 Å². The van der Waals surface area contributed by atoms with Gasteiger partial charge >= 0.3 is 0 Å². The molecule has 0 spiro atoms. The molecule has 0 unspecified atom stereocenters. The number of nitrogens with zero attached hydrogens (tertiary/aromatic N) is 2. The molecule has 1 heterocycles. The fourth-order valence-corrected chi connectivity index (χ4v) is 1.01. The fraction of sp³-hybridized carbons (Fsp3) is 0.429. The quantitative estimate of drug-likeness (QED) is 0.619. The zero-order valence-electron chi connectivity index (χ0n) is 6.63. The molecular weight excluding hydrogens is 158 g/mol. The summed E-state index contributed by atoms with van der Waals surface area (Å²) in [6.07, 6.45) is 0. The number of thiol groups is 1. The van der Waals surface area contributed by atoms with Crippen LogP contribution in [0.1, 0.15) is 17.2 Å². The van der Waals surface area contributed by atoms with Crippen molar-refractivity contribution in [2.24, 2.45) is 0 Å². The van der Waals surface area contributed by atoms with E-state index in [0.29, 0.717) is 11.4 Å². The van der Waals surface area contributed by atoms with Gasteiger partial charge in [0.15, 0.2) is 0 Å². The summed E-state index contributed by atoms with van der Waals surface area (Å²) in [5.41, 5.74) is 8.00. The van der Waals surface area contributed by atoms with E-state index in [0.717, 1.165) is 17.2 Å². The predicted molar refractivity (Wildman–Crippen MR) is 48.6 cm³/mol. The number of aromatic nitrogens is 2. The summed E-state index contributed by atoms with van der Waals surface area (Å²) in [6, 6.07) is 0. The van der Waals surface area contributed by atoms with Crippen LogP contribution in [0.5, 0.6) is 0 Å². The van der Waals surface area contributed by atoms with Crippen molar-refractivity contribution < 1.29 is 0 Å². The fourth-order valence-electron chi connectivity index (χ4n) is 0.865. The molecule has 0 amide bonds. The van der Waals surface area contributed by atoms with Crippen molar-refractivity contribution >= 4 is 18.3 Å². The van der Waals surface area contributed by atoms with Gasteiger partial charge in [0.05, 0.1) is 22.8 Å². The average Bonchev–Trinajstić information content (AvgIpc) is 1.99. The molecule has 3 nitrogen and oxygen atoms in total. The Labute approximate surface area is 71.5 Å². The second-order valence-electron chi connectivity index (χ2n) is 2.38. The van der Waals surface area contributed by atoms with Gasteiger partial charge in [-0.2, -0.15) is 12.6 Å². The van der Waals surface area contributed by atoms with Gasteiger partial charge in [0, 0.05) is 0 Å². The molecule has 4 heteroatoms. The Bertz CT molecular complexity index is 249.